The van der Waals surface area contributed by atoms with Crippen molar-refractivity contribution in [1.82, 2.24) is 4.90 Å². The van der Waals surface area contributed by atoms with Crippen LogP contribution in [0.1, 0.15) is 48.0 Å². The molecule has 0 unspecified atom stereocenters. The number of methoxy groups -OCH3 is 1. The highest BCUT2D eigenvalue weighted by molar-refractivity contribution is 5.89. The van der Waals surface area contributed by atoms with E-state index in [4.69, 9.17) is 11.2 Å². The van der Waals surface area contributed by atoms with Gasteiger partial charge in [0, 0.05) is 19.4 Å². The second-order valence-corrected chi connectivity index (χ2v) is 6.68. The third-order valence-corrected chi connectivity index (χ3v) is 4.77. The van der Waals surface area contributed by atoms with Crippen molar-refractivity contribution < 1.29 is 19.4 Å². The fourth-order valence-corrected chi connectivity index (χ4v) is 3.19. The van der Waals surface area contributed by atoms with Gasteiger partial charge in [0.2, 0.25) is 5.91 Å². The Morgan fingerprint density at radius 2 is 2.19 bits per heavy atom. The highest BCUT2D eigenvalue weighted by atomic mass is 16.5. The van der Waals surface area contributed by atoms with Gasteiger partial charge in [-0.3, -0.25) is 4.79 Å². The van der Waals surface area contributed by atoms with Crippen molar-refractivity contribution in [2.45, 2.75) is 50.7 Å². The van der Waals surface area contributed by atoms with Crippen molar-refractivity contribution in [2.75, 3.05) is 13.7 Å². The number of aliphatic hydroxyl groups is 1. The van der Waals surface area contributed by atoms with Gasteiger partial charge >= 0.3 is 5.97 Å². The zero-order chi connectivity index (χ0) is 19.6. The minimum absolute atomic E-state index is 0.0223. The number of hydrogen-bond donors (Lipinski definition) is 1. The Morgan fingerprint density at radius 3 is 2.85 bits per heavy atom. The fraction of sp³-hybridized carbons (Fsp3) is 0.455. The number of carbonyl (C=O) groups is 2. The number of benzene rings is 1. The van der Waals surface area contributed by atoms with Gasteiger partial charge in [-0.1, -0.05) is 24.3 Å². The Kier molecular flexibility index (Phi) is 8.09. The van der Waals surface area contributed by atoms with Gasteiger partial charge in [0.05, 0.1) is 24.8 Å². The summed E-state index contributed by atoms with van der Waals surface area (Å²) in [6.07, 6.45) is 12.5. The predicted octanol–water partition coefficient (Wildman–Crippen LogP) is 2.73. The van der Waals surface area contributed by atoms with Gasteiger partial charge in [-0.05, 0) is 43.4 Å². The van der Waals surface area contributed by atoms with E-state index in [1.165, 1.54) is 7.11 Å². The van der Waals surface area contributed by atoms with Crippen LogP contribution in [0.15, 0.2) is 36.4 Å². The molecule has 0 aliphatic carbocycles. The molecule has 1 amide bonds. The summed E-state index contributed by atoms with van der Waals surface area (Å²) in [6, 6.07) is 7.25. The number of ether oxygens (including phenoxy) is 1. The molecule has 1 aliphatic rings. The molecule has 0 saturated carbocycles. The summed E-state index contributed by atoms with van der Waals surface area (Å²) in [6.45, 7) is 0.610. The molecule has 1 N–H and O–H groups in total. The standard InChI is InChI=1S/C22H27NO4/c1-3-4-5-6-20(24)13-11-19-12-14-21(25)23(19)16-15-17-7-9-18(10-8-17)22(26)27-2/h1,7-11,13,19-20,24H,4-6,12,14-16H2,2H3/b13-11+/t19-,20-/m0/s1. The van der Waals surface area contributed by atoms with E-state index in [0.717, 1.165) is 18.4 Å². The Balaban J connectivity index is 1.88. The number of amides is 1. The summed E-state index contributed by atoms with van der Waals surface area (Å²) in [4.78, 5) is 25.5. The second-order valence-electron chi connectivity index (χ2n) is 6.68. The first kappa shape index (κ1) is 20.7. The summed E-state index contributed by atoms with van der Waals surface area (Å²) in [7, 11) is 1.36. The first-order chi connectivity index (χ1) is 13.0. The lowest BCUT2D eigenvalue weighted by Crippen LogP contribution is -2.33. The normalized spacial score (nSPS) is 17.9. The lowest BCUT2D eigenvalue weighted by Gasteiger charge is -2.22. The molecule has 1 saturated heterocycles. The van der Waals surface area contributed by atoms with Gasteiger partial charge in [-0.25, -0.2) is 4.79 Å². The highest BCUT2D eigenvalue weighted by Crippen LogP contribution is 2.21. The van der Waals surface area contributed by atoms with Crippen molar-refractivity contribution in [3.8, 4) is 12.3 Å². The number of unbranched alkanes of at least 4 members (excludes halogenated alkanes) is 1. The quantitative estimate of drug-likeness (QED) is 0.315. The van der Waals surface area contributed by atoms with Crippen LogP contribution < -0.4 is 0 Å². The Labute approximate surface area is 161 Å². The number of aliphatic hydroxyl groups excluding tert-OH is 1. The first-order valence-electron chi connectivity index (χ1n) is 9.31. The number of nitrogens with zero attached hydrogens (tertiary/aromatic N) is 1. The van der Waals surface area contributed by atoms with Crippen LogP contribution in [0.2, 0.25) is 0 Å². The van der Waals surface area contributed by atoms with Crippen molar-refractivity contribution in [3.63, 3.8) is 0 Å². The molecule has 1 heterocycles. The van der Waals surface area contributed by atoms with E-state index < -0.39 is 6.10 Å². The van der Waals surface area contributed by atoms with E-state index in [-0.39, 0.29) is 17.9 Å². The van der Waals surface area contributed by atoms with Crippen LogP contribution in [0.25, 0.3) is 0 Å². The third-order valence-electron chi connectivity index (χ3n) is 4.77. The van der Waals surface area contributed by atoms with Crippen LogP contribution in [0.3, 0.4) is 0 Å². The van der Waals surface area contributed by atoms with Gasteiger partial charge in [0.25, 0.3) is 0 Å². The summed E-state index contributed by atoms with van der Waals surface area (Å²) >= 11 is 0. The Hall–Kier alpha value is -2.58. The van der Waals surface area contributed by atoms with Crippen LogP contribution in [0.5, 0.6) is 0 Å². The number of esters is 1. The Morgan fingerprint density at radius 1 is 1.44 bits per heavy atom. The van der Waals surface area contributed by atoms with E-state index in [2.05, 4.69) is 5.92 Å². The maximum absolute atomic E-state index is 12.2. The summed E-state index contributed by atoms with van der Waals surface area (Å²) < 4.78 is 4.69. The molecular weight excluding hydrogens is 342 g/mol. The topological polar surface area (TPSA) is 66.8 Å². The number of likely N-dealkylation sites (tertiary alicyclic amines) is 1. The smallest absolute Gasteiger partial charge is 0.337 e. The zero-order valence-corrected chi connectivity index (χ0v) is 15.8. The maximum Gasteiger partial charge on any atom is 0.337 e. The molecule has 2 rings (SSSR count). The van der Waals surface area contributed by atoms with Gasteiger partial charge < -0.3 is 14.7 Å². The minimum atomic E-state index is -0.526. The van der Waals surface area contributed by atoms with Gasteiger partial charge in [-0.2, -0.15) is 0 Å². The van der Waals surface area contributed by atoms with Crippen LogP contribution in [0.4, 0.5) is 0 Å². The van der Waals surface area contributed by atoms with Gasteiger partial charge in [-0.15, -0.1) is 12.3 Å². The van der Waals surface area contributed by atoms with Crippen molar-refractivity contribution in [2.24, 2.45) is 0 Å². The lowest BCUT2D eigenvalue weighted by atomic mass is 10.1. The average Bonchev–Trinajstić information content (AvgIpc) is 3.04. The predicted molar refractivity (Wildman–Crippen MR) is 104 cm³/mol. The second kappa shape index (κ2) is 10.5. The van der Waals surface area contributed by atoms with Crippen LogP contribution in [-0.2, 0) is 16.0 Å². The van der Waals surface area contributed by atoms with Crippen LogP contribution in [0, 0.1) is 12.3 Å². The van der Waals surface area contributed by atoms with E-state index >= 15 is 0 Å². The molecule has 1 fully saturated rings. The first-order valence-corrected chi connectivity index (χ1v) is 9.31. The molecule has 1 aromatic carbocycles. The van der Waals surface area contributed by atoms with E-state index in [1.807, 2.05) is 23.1 Å². The maximum atomic E-state index is 12.2. The van der Waals surface area contributed by atoms with Gasteiger partial charge in [0.15, 0.2) is 0 Å². The van der Waals surface area contributed by atoms with E-state index in [9.17, 15) is 14.7 Å². The van der Waals surface area contributed by atoms with Crippen LogP contribution >= 0.6 is 0 Å². The molecule has 1 aromatic rings. The molecular formula is C22H27NO4. The fourth-order valence-electron chi connectivity index (χ4n) is 3.19. The Bertz CT molecular complexity index is 702. The SMILES string of the molecule is C#CCCC[C@H](O)/C=C/[C@H]1CCC(=O)N1CCc1ccc(C(=O)OC)cc1. The molecule has 0 radical (unpaired) electrons. The number of hydrogen-bond acceptors (Lipinski definition) is 4. The minimum Gasteiger partial charge on any atom is -0.465 e. The summed E-state index contributed by atoms with van der Waals surface area (Å²) in [5, 5.41) is 9.99. The molecule has 0 aromatic heterocycles. The molecule has 5 heteroatoms. The van der Waals surface area contributed by atoms with Crippen molar-refractivity contribution in [3.05, 3.63) is 47.5 Å². The number of terminal acetylenes is 1. The molecule has 144 valence electrons. The largest absolute Gasteiger partial charge is 0.465 e. The molecule has 0 bridgehead atoms. The third kappa shape index (κ3) is 6.26. The highest BCUT2D eigenvalue weighted by Gasteiger charge is 2.28. The monoisotopic (exact) mass is 369 g/mol. The molecule has 5 nitrogen and oxygen atoms in total. The average molecular weight is 369 g/mol. The lowest BCUT2D eigenvalue weighted by molar-refractivity contribution is -0.128. The van der Waals surface area contributed by atoms with E-state index in [0.29, 0.717) is 37.8 Å². The molecule has 1 aliphatic heterocycles. The zero-order valence-electron chi connectivity index (χ0n) is 15.8. The van der Waals surface area contributed by atoms with Crippen LogP contribution in [-0.4, -0.2) is 47.7 Å². The summed E-state index contributed by atoms with van der Waals surface area (Å²) in [5.41, 5.74) is 1.57. The molecule has 27 heavy (non-hydrogen) atoms. The van der Waals surface area contributed by atoms with Crippen molar-refractivity contribution >= 4 is 11.9 Å². The van der Waals surface area contributed by atoms with Crippen molar-refractivity contribution in [1.29, 1.82) is 0 Å². The number of rotatable bonds is 9. The van der Waals surface area contributed by atoms with Gasteiger partial charge in [0.1, 0.15) is 0 Å². The number of carbonyl (C=O) groups excluding carboxylic acids is 2. The summed E-state index contributed by atoms with van der Waals surface area (Å²) in [5.74, 6) is 2.34. The molecule has 0 spiro atoms. The molecule has 2 atom stereocenters. The van der Waals surface area contributed by atoms with E-state index in [1.54, 1.807) is 18.2 Å².